The van der Waals surface area contributed by atoms with Gasteiger partial charge in [-0.25, -0.2) is 9.37 Å². The Bertz CT molecular complexity index is 1150. The zero-order chi connectivity index (χ0) is 22.7. The van der Waals surface area contributed by atoms with Crippen molar-refractivity contribution in [3.63, 3.8) is 0 Å². The normalized spacial score (nSPS) is 19.6. The molecule has 2 aromatic rings. The Kier molecular flexibility index (Phi) is 6.20. The molecule has 2 aliphatic rings. The van der Waals surface area contributed by atoms with Crippen LogP contribution in [0.2, 0.25) is 0 Å². The molecule has 2 bridgehead atoms. The number of nitrogens with zero attached hydrogens (tertiary/aromatic N) is 3. The molecule has 0 unspecified atom stereocenters. The molecule has 1 fully saturated rings. The molecule has 0 amide bonds. The predicted molar refractivity (Wildman–Crippen MR) is 126 cm³/mol. The van der Waals surface area contributed by atoms with E-state index in [1.165, 1.54) is 31.2 Å². The predicted octanol–water partition coefficient (Wildman–Crippen LogP) is 3.20. The van der Waals surface area contributed by atoms with Gasteiger partial charge < -0.3 is 21.9 Å². The van der Waals surface area contributed by atoms with Crippen molar-refractivity contribution >= 4 is 23.4 Å². The number of aliphatic imine (C=N–C) groups is 2. The second-order valence-corrected chi connectivity index (χ2v) is 8.03. The van der Waals surface area contributed by atoms with E-state index in [9.17, 15) is 4.39 Å². The Balaban J connectivity index is 1.91. The topological polar surface area (TPSA) is 125 Å². The number of ether oxygens (including phenoxy) is 1. The van der Waals surface area contributed by atoms with Crippen LogP contribution in [0.4, 0.5) is 10.2 Å². The molecule has 1 aliphatic heterocycles. The Morgan fingerprint density at radius 1 is 1.25 bits per heavy atom. The molecule has 7 nitrogen and oxygen atoms in total. The van der Waals surface area contributed by atoms with Gasteiger partial charge in [0.15, 0.2) is 11.6 Å². The van der Waals surface area contributed by atoms with Crippen molar-refractivity contribution in [1.29, 1.82) is 0 Å². The molecule has 1 aliphatic carbocycles. The molecule has 0 radical (unpaired) electrons. The van der Waals surface area contributed by atoms with Crippen LogP contribution in [-0.4, -0.2) is 30.5 Å². The van der Waals surface area contributed by atoms with Crippen LogP contribution in [0, 0.1) is 11.7 Å². The molecule has 166 valence electrons. The molecule has 8 heteroatoms. The Labute approximate surface area is 186 Å². The maximum Gasteiger partial charge on any atom is 0.166 e. The SMILES string of the molecule is CN=CC1=C(N)c2ccc(F)cc2COc2cc(cnc2N)C(=NCC2CC2)C(=CN)C1. The van der Waals surface area contributed by atoms with Crippen molar-refractivity contribution in [2.45, 2.75) is 25.9 Å². The van der Waals surface area contributed by atoms with E-state index in [0.717, 1.165) is 22.4 Å². The lowest BCUT2D eigenvalue weighted by Gasteiger charge is -2.19. The third-order valence-corrected chi connectivity index (χ3v) is 5.62. The van der Waals surface area contributed by atoms with Crippen molar-refractivity contribution in [2.24, 2.45) is 27.4 Å². The summed E-state index contributed by atoms with van der Waals surface area (Å²) >= 11 is 0. The van der Waals surface area contributed by atoms with Gasteiger partial charge in [0, 0.05) is 54.8 Å². The molecule has 32 heavy (non-hydrogen) atoms. The van der Waals surface area contributed by atoms with Gasteiger partial charge >= 0.3 is 0 Å². The van der Waals surface area contributed by atoms with Gasteiger partial charge in [0.1, 0.15) is 12.4 Å². The van der Waals surface area contributed by atoms with Crippen LogP contribution in [0.5, 0.6) is 5.75 Å². The van der Waals surface area contributed by atoms with E-state index in [1.54, 1.807) is 31.6 Å². The van der Waals surface area contributed by atoms with Crippen molar-refractivity contribution in [1.82, 2.24) is 4.98 Å². The summed E-state index contributed by atoms with van der Waals surface area (Å²) in [7, 11) is 1.68. The van der Waals surface area contributed by atoms with Crippen molar-refractivity contribution < 1.29 is 9.13 Å². The highest BCUT2D eigenvalue weighted by Crippen LogP contribution is 2.32. The first-order valence-electron chi connectivity index (χ1n) is 10.5. The monoisotopic (exact) mass is 434 g/mol. The highest BCUT2D eigenvalue weighted by molar-refractivity contribution is 6.13. The standard InChI is InChI=1S/C24H27FN6O/c1-29-11-16-6-15(9-26)23(30-10-14-2-3-14)17-8-21(24(28)31-12-17)32-13-18-7-19(25)4-5-20(18)22(16)27/h4-5,7-9,11-12,14H,2-3,6,10,13,26-27H2,1H3,(H2,28,31). The average Bonchev–Trinajstić information content (AvgIpc) is 3.61. The first-order valence-corrected chi connectivity index (χ1v) is 10.5. The van der Waals surface area contributed by atoms with Gasteiger partial charge in [0.25, 0.3) is 0 Å². The molecular weight excluding hydrogens is 407 g/mol. The summed E-state index contributed by atoms with van der Waals surface area (Å²) in [6, 6.07) is 6.23. The smallest absolute Gasteiger partial charge is 0.166 e. The fourth-order valence-electron chi connectivity index (χ4n) is 3.67. The number of anilines is 1. The Hall–Kier alpha value is -3.68. The van der Waals surface area contributed by atoms with Crippen LogP contribution in [-0.2, 0) is 6.61 Å². The number of nitrogen functional groups attached to an aromatic ring is 1. The minimum absolute atomic E-state index is 0.0772. The molecule has 2 heterocycles. The number of fused-ring (bicyclic) bond motifs is 3. The Morgan fingerprint density at radius 2 is 2.06 bits per heavy atom. The molecule has 4 rings (SSSR count). The lowest BCUT2D eigenvalue weighted by atomic mass is 9.93. The molecule has 1 aromatic carbocycles. The number of pyridine rings is 1. The molecule has 0 spiro atoms. The van der Waals surface area contributed by atoms with E-state index in [4.69, 9.17) is 26.9 Å². The zero-order valence-corrected chi connectivity index (χ0v) is 18.0. The van der Waals surface area contributed by atoms with Gasteiger partial charge in [-0.2, -0.15) is 0 Å². The van der Waals surface area contributed by atoms with Crippen molar-refractivity contribution in [3.8, 4) is 5.75 Å². The quantitative estimate of drug-likeness (QED) is 0.640. The van der Waals surface area contributed by atoms with Crippen LogP contribution in [0.1, 0.15) is 36.0 Å². The number of hydrogen-bond donors (Lipinski definition) is 3. The summed E-state index contributed by atoms with van der Waals surface area (Å²) in [4.78, 5) is 13.4. The van der Waals surface area contributed by atoms with Crippen LogP contribution in [0.25, 0.3) is 5.70 Å². The molecule has 1 aromatic heterocycles. The summed E-state index contributed by atoms with van der Waals surface area (Å²) < 4.78 is 20.0. The molecular formula is C24H27FN6O. The number of aromatic nitrogens is 1. The van der Waals surface area contributed by atoms with Crippen molar-refractivity contribution in [3.05, 3.63) is 70.3 Å². The summed E-state index contributed by atoms with van der Waals surface area (Å²) in [5.41, 5.74) is 23.4. The maximum absolute atomic E-state index is 14.0. The molecule has 0 saturated heterocycles. The van der Waals surface area contributed by atoms with Crippen LogP contribution < -0.4 is 21.9 Å². The third-order valence-electron chi connectivity index (χ3n) is 5.62. The lowest BCUT2D eigenvalue weighted by Crippen LogP contribution is -2.15. The summed E-state index contributed by atoms with van der Waals surface area (Å²) in [5, 5.41) is 0. The second kappa shape index (κ2) is 9.21. The first-order chi connectivity index (χ1) is 15.5. The van der Waals surface area contributed by atoms with E-state index in [2.05, 4.69) is 9.98 Å². The van der Waals surface area contributed by atoms with Gasteiger partial charge in [-0.3, -0.25) is 9.98 Å². The van der Waals surface area contributed by atoms with E-state index >= 15 is 0 Å². The Morgan fingerprint density at radius 3 is 2.78 bits per heavy atom. The van der Waals surface area contributed by atoms with Gasteiger partial charge in [-0.15, -0.1) is 0 Å². The maximum atomic E-state index is 14.0. The minimum atomic E-state index is -0.380. The molecule has 1 saturated carbocycles. The minimum Gasteiger partial charge on any atom is -0.485 e. The fraction of sp³-hybridized carbons (Fsp3) is 0.292. The number of nitrogens with two attached hydrogens (primary N) is 3. The second-order valence-electron chi connectivity index (χ2n) is 8.03. The highest BCUT2D eigenvalue weighted by Gasteiger charge is 2.23. The number of hydrogen-bond acceptors (Lipinski definition) is 7. The molecule has 0 atom stereocenters. The van der Waals surface area contributed by atoms with E-state index < -0.39 is 0 Å². The van der Waals surface area contributed by atoms with Crippen LogP contribution in [0.3, 0.4) is 0 Å². The number of halogens is 1. The van der Waals surface area contributed by atoms with Gasteiger partial charge in [-0.1, -0.05) is 0 Å². The van der Waals surface area contributed by atoms with Crippen LogP contribution in [0.15, 0.2) is 57.8 Å². The number of benzene rings is 1. The summed E-state index contributed by atoms with van der Waals surface area (Å²) in [6.45, 7) is 0.791. The van der Waals surface area contributed by atoms with Crippen molar-refractivity contribution in [2.75, 3.05) is 19.3 Å². The largest absolute Gasteiger partial charge is 0.485 e. The van der Waals surface area contributed by atoms with Gasteiger partial charge in [0.05, 0.1) is 5.71 Å². The fourth-order valence-corrected chi connectivity index (χ4v) is 3.67. The lowest BCUT2D eigenvalue weighted by molar-refractivity contribution is 0.306. The summed E-state index contributed by atoms with van der Waals surface area (Å²) in [6.07, 6.45) is 7.67. The third kappa shape index (κ3) is 4.64. The van der Waals surface area contributed by atoms with Gasteiger partial charge in [0.2, 0.25) is 0 Å². The van der Waals surface area contributed by atoms with Crippen LogP contribution >= 0.6 is 0 Å². The van der Waals surface area contributed by atoms with Gasteiger partial charge in [-0.05, 0) is 60.4 Å². The average molecular weight is 435 g/mol. The van der Waals surface area contributed by atoms with E-state index in [0.29, 0.717) is 41.5 Å². The zero-order valence-electron chi connectivity index (χ0n) is 18.0. The number of rotatable bonds is 3. The van der Waals surface area contributed by atoms with E-state index in [1.807, 2.05) is 0 Å². The summed E-state index contributed by atoms with van der Waals surface area (Å²) in [5.74, 6) is 0.854. The first kappa shape index (κ1) is 21.5. The van der Waals surface area contributed by atoms with E-state index in [-0.39, 0.29) is 18.2 Å². The number of allylic oxidation sites excluding steroid dienone is 2. The molecule has 6 N–H and O–H groups in total. The highest BCUT2D eigenvalue weighted by atomic mass is 19.1.